The van der Waals surface area contributed by atoms with E-state index in [0.717, 1.165) is 0 Å². The van der Waals surface area contributed by atoms with Crippen LogP contribution in [0.25, 0.3) is 0 Å². The maximum atomic E-state index is 11.3. The van der Waals surface area contributed by atoms with Gasteiger partial charge >= 0.3 is 12.1 Å². The minimum Gasteiger partial charge on any atom is -0.478 e. The summed E-state index contributed by atoms with van der Waals surface area (Å²) in [6, 6.07) is 2.70. The number of benzene rings is 1. The summed E-state index contributed by atoms with van der Waals surface area (Å²) >= 11 is 11.5. The van der Waals surface area contributed by atoms with E-state index in [2.05, 4.69) is 16.6 Å². The monoisotopic (exact) mass is 289 g/mol. The fourth-order valence-corrected chi connectivity index (χ4v) is 1.71. The minimum absolute atomic E-state index is 0.0162. The lowest BCUT2D eigenvalue weighted by Gasteiger charge is -2.10. The molecule has 1 rings (SSSR count). The van der Waals surface area contributed by atoms with Crippen LogP contribution in [0.1, 0.15) is 10.4 Å². The normalized spacial score (nSPS) is 9.67. The van der Waals surface area contributed by atoms with Crippen molar-refractivity contribution in [2.24, 2.45) is 0 Å². The van der Waals surface area contributed by atoms with Crippen LogP contribution in [0.3, 0.4) is 0 Å². The molecule has 0 heterocycles. The second-order valence-corrected chi connectivity index (χ2v) is 3.89. The van der Waals surface area contributed by atoms with Crippen molar-refractivity contribution in [3.63, 3.8) is 0 Å². The van der Waals surface area contributed by atoms with Gasteiger partial charge in [-0.15, -0.1) is 0 Å². The molecule has 1 aromatic rings. The zero-order valence-corrected chi connectivity index (χ0v) is 10.6. The molecular weight excluding hydrogens is 281 g/mol. The number of hydrogen-bond acceptors (Lipinski definition) is 3. The number of anilines is 1. The Hall–Kier alpha value is -1.72. The highest BCUT2D eigenvalue weighted by Gasteiger charge is 2.18. The Kier molecular flexibility index (Phi) is 5.00. The number of amides is 1. The standard InChI is InChI=1S/C11H9Cl2NO4/c1-2-5-18-11(17)14-7-4-3-6(12)8(9(7)13)10(15)16/h2-4H,1,5H2,(H,14,17)(H,15,16). The zero-order chi connectivity index (χ0) is 13.7. The summed E-state index contributed by atoms with van der Waals surface area (Å²) in [5.74, 6) is -1.28. The summed E-state index contributed by atoms with van der Waals surface area (Å²) in [5.41, 5.74) is -0.174. The van der Waals surface area contributed by atoms with E-state index in [4.69, 9.17) is 28.3 Å². The largest absolute Gasteiger partial charge is 0.478 e. The number of carboxylic acid groups (broad SMARTS) is 1. The molecule has 0 bridgehead atoms. The topological polar surface area (TPSA) is 75.6 Å². The molecule has 5 nitrogen and oxygen atoms in total. The Morgan fingerprint density at radius 3 is 2.67 bits per heavy atom. The molecule has 0 atom stereocenters. The van der Waals surface area contributed by atoms with Gasteiger partial charge in [-0.05, 0) is 12.1 Å². The number of hydrogen-bond donors (Lipinski definition) is 2. The van der Waals surface area contributed by atoms with Crippen LogP contribution >= 0.6 is 23.2 Å². The highest BCUT2D eigenvalue weighted by atomic mass is 35.5. The molecule has 7 heteroatoms. The Labute approximate surface area is 113 Å². The van der Waals surface area contributed by atoms with Gasteiger partial charge in [-0.1, -0.05) is 35.9 Å². The van der Waals surface area contributed by atoms with Crippen molar-refractivity contribution in [3.05, 3.63) is 40.4 Å². The predicted octanol–water partition coefficient (Wildman–Crippen LogP) is 3.43. The van der Waals surface area contributed by atoms with Gasteiger partial charge in [0, 0.05) is 0 Å². The Morgan fingerprint density at radius 1 is 1.44 bits per heavy atom. The summed E-state index contributed by atoms with van der Waals surface area (Å²) in [6.45, 7) is 3.41. The first-order valence-electron chi connectivity index (χ1n) is 4.73. The zero-order valence-electron chi connectivity index (χ0n) is 9.07. The first-order chi connectivity index (χ1) is 8.47. The second-order valence-electron chi connectivity index (χ2n) is 3.10. The average molecular weight is 290 g/mol. The van der Waals surface area contributed by atoms with Gasteiger partial charge in [-0.3, -0.25) is 5.32 Å². The molecule has 0 aromatic heterocycles. The molecule has 0 aliphatic heterocycles. The van der Waals surface area contributed by atoms with Crippen LogP contribution in [0, 0.1) is 0 Å². The van der Waals surface area contributed by atoms with Crippen LogP contribution in [0.5, 0.6) is 0 Å². The molecule has 18 heavy (non-hydrogen) atoms. The van der Waals surface area contributed by atoms with Crippen molar-refractivity contribution in [1.82, 2.24) is 0 Å². The van der Waals surface area contributed by atoms with E-state index < -0.39 is 12.1 Å². The number of carbonyl (C=O) groups excluding carboxylic acids is 1. The molecular formula is C11H9Cl2NO4. The number of aromatic carboxylic acids is 1. The van der Waals surface area contributed by atoms with E-state index in [-0.39, 0.29) is 27.9 Å². The molecule has 0 saturated heterocycles. The van der Waals surface area contributed by atoms with Gasteiger partial charge in [0.1, 0.15) is 6.61 Å². The molecule has 1 aromatic carbocycles. The molecule has 0 radical (unpaired) electrons. The van der Waals surface area contributed by atoms with Gasteiger partial charge in [0.25, 0.3) is 0 Å². The lowest BCUT2D eigenvalue weighted by Crippen LogP contribution is -2.14. The highest BCUT2D eigenvalue weighted by Crippen LogP contribution is 2.31. The van der Waals surface area contributed by atoms with E-state index in [0.29, 0.717) is 0 Å². The minimum atomic E-state index is -1.28. The molecule has 0 aliphatic rings. The van der Waals surface area contributed by atoms with Crippen molar-refractivity contribution >= 4 is 41.0 Å². The predicted molar refractivity (Wildman–Crippen MR) is 68.6 cm³/mol. The molecule has 0 aliphatic carbocycles. The van der Waals surface area contributed by atoms with Crippen LogP contribution < -0.4 is 5.32 Å². The summed E-state index contributed by atoms with van der Waals surface area (Å²) in [4.78, 5) is 22.2. The molecule has 0 unspecified atom stereocenters. The Morgan fingerprint density at radius 2 is 2.11 bits per heavy atom. The fourth-order valence-electron chi connectivity index (χ4n) is 1.13. The van der Waals surface area contributed by atoms with E-state index in [1.165, 1.54) is 18.2 Å². The lowest BCUT2D eigenvalue weighted by atomic mass is 10.2. The van der Waals surface area contributed by atoms with Gasteiger partial charge in [0.15, 0.2) is 0 Å². The quantitative estimate of drug-likeness (QED) is 0.833. The SMILES string of the molecule is C=CCOC(=O)Nc1ccc(Cl)c(C(=O)O)c1Cl. The van der Waals surface area contributed by atoms with Crippen LogP contribution in [0.4, 0.5) is 10.5 Å². The van der Waals surface area contributed by atoms with Gasteiger partial charge in [-0.2, -0.15) is 0 Å². The number of carbonyl (C=O) groups is 2. The number of rotatable bonds is 4. The van der Waals surface area contributed by atoms with Crippen molar-refractivity contribution in [1.29, 1.82) is 0 Å². The van der Waals surface area contributed by atoms with E-state index in [9.17, 15) is 9.59 Å². The van der Waals surface area contributed by atoms with Crippen LogP contribution in [-0.4, -0.2) is 23.8 Å². The first kappa shape index (κ1) is 14.3. The van der Waals surface area contributed by atoms with Crippen LogP contribution in [0.15, 0.2) is 24.8 Å². The van der Waals surface area contributed by atoms with Gasteiger partial charge < -0.3 is 9.84 Å². The molecule has 1 amide bonds. The summed E-state index contributed by atoms with van der Waals surface area (Å²) in [5, 5.41) is 11.0. The van der Waals surface area contributed by atoms with Crippen molar-refractivity contribution in [2.75, 3.05) is 11.9 Å². The summed E-state index contributed by atoms with van der Waals surface area (Å²) < 4.78 is 4.67. The highest BCUT2D eigenvalue weighted by molar-refractivity contribution is 6.41. The van der Waals surface area contributed by atoms with Crippen LogP contribution in [-0.2, 0) is 4.74 Å². The van der Waals surface area contributed by atoms with Gasteiger partial charge in [0.05, 0.1) is 21.3 Å². The van der Waals surface area contributed by atoms with Crippen molar-refractivity contribution in [2.45, 2.75) is 0 Å². The van der Waals surface area contributed by atoms with E-state index in [1.807, 2.05) is 0 Å². The maximum absolute atomic E-state index is 11.3. The number of nitrogens with one attached hydrogen (secondary N) is 1. The van der Waals surface area contributed by atoms with Gasteiger partial charge in [-0.25, -0.2) is 9.59 Å². The van der Waals surface area contributed by atoms with Crippen molar-refractivity contribution < 1.29 is 19.4 Å². The molecule has 2 N–H and O–H groups in total. The van der Waals surface area contributed by atoms with E-state index in [1.54, 1.807) is 0 Å². The number of halogens is 2. The third-order valence-corrected chi connectivity index (χ3v) is 2.58. The summed E-state index contributed by atoms with van der Waals surface area (Å²) in [7, 11) is 0. The molecule has 0 fully saturated rings. The smallest absolute Gasteiger partial charge is 0.411 e. The molecule has 0 spiro atoms. The third-order valence-electron chi connectivity index (χ3n) is 1.87. The van der Waals surface area contributed by atoms with Crippen LogP contribution in [0.2, 0.25) is 10.0 Å². The summed E-state index contributed by atoms with van der Waals surface area (Å²) in [6.07, 6.45) is 0.626. The Bertz CT molecular complexity index is 502. The molecule has 96 valence electrons. The fraction of sp³-hybridized carbons (Fsp3) is 0.0909. The average Bonchev–Trinajstić information content (AvgIpc) is 2.30. The number of carboxylic acids is 1. The Balaban J connectivity index is 2.97. The lowest BCUT2D eigenvalue weighted by molar-refractivity contribution is 0.0697. The number of ether oxygens (including phenoxy) is 1. The van der Waals surface area contributed by atoms with E-state index >= 15 is 0 Å². The molecule has 0 saturated carbocycles. The second kappa shape index (κ2) is 6.28. The first-order valence-corrected chi connectivity index (χ1v) is 5.49. The van der Waals surface area contributed by atoms with Crippen molar-refractivity contribution in [3.8, 4) is 0 Å². The maximum Gasteiger partial charge on any atom is 0.411 e. The third kappa shape index (κ3) is 3.38. The van der Waals surface area contributed by atoms with Gasteiger partial charge in [0.2, 0.25) is 0 Å².